The summed E-state index contributed by atoms with van der Waals surface area (Å²) in [6, 6.07) is 1.35. The minimum atomic E-state index is 0.457. The first-order valence-electron chi connectivity index (χ1n) is 8.47. The van der Waals surface area contributed by atoms with E-state index in [0.29, 0.717) is 11.5 Å². The predicted molar refractivity (Wildman–Crippen MR) is 85.1 cm³/mol. The van der Waals surface area contributed by atoms with Crippen molar-refractivity contribution in [2.45, 2.75) is 65.0 Å². The van der Waals surface area contributed by atoms with E-state index in [0.717, 1.165) is 25.1 Å². The third-order valence-electron chi connectivity index (χ3n) is 5.08. The molecule has 1 aliphatic carbocycles. The molecular weight excluding hydrogens is 248 g/mol. The Kier molecular flexibility index (Phi) is 5.88. The minimum Gasteiger partial charge on any atom is -0.383 e. The van der Waals surface area contributed by atoms with E-state index in [1.165, 1.54) is 45.2 Å². The lowest BCUT2D eigenvalue weighted by atomic mass is 9.77. The van der Waals surface area contributed by atoms with Gasteiger partial charge in [-0.2, -0.15) is 0 Å². The molecule has 20 heavy (non-hydrogen) atoms. The molecule has 1 saturated heterocycles. The number of hydrogen-bond acceptors (Lipinski definition) is 3. The fraction of sp³-hybridized carbons (Fsp3) is 1.00. The minimum absolute atomic E-state index is 0.457. The van der Waals surface area contributed by atoms with Crippen LogP contribution in [0.2, 0.25) is 0 Å². The molecule has 0 radical (unpaired) electrons. The molecule has 0 bridgehead atoms. The normalized spacial score (nSPS) is 27.3. The highest BCUT2D eigenvalue weighted by molar-refractivity contribution is 4.86. The molecule has 0 aromatic rings. The van der Waals surface area contributed by atoms with Gasteiger partial charge in [0.05, 0.1) is 6.61 Å². The van der Waals surface area contributed by atoms with Gasteiger partial charge in [0.15, 0.2) is 0 Å². The molecule has 1 aliphatic heterocycles. The zero-order valence-corrected chi connectivity index (χ0v) is 14.0. The van der Waals surface area contributed by atoms with Crippen LogP contribution in [0.1, 0.15) is 52.9 Å². The lowest BCUT2D eigenvalue weighted by Gasteiger charge is -2.32. The number of hydrogen-bond donors (Lipinski definition) is 1. The molecule has 0 aromatic carbocycles. The van der Waals surface area contributed by atoms with Gasteiger partial charge in [0, 0.05) is 25.7 Å². The monoisotopic (exact) mass is 282 g/mol. The molecule has 118 valence electrons. The summed E-state index contributed by atoms with van der Waals surface area (Å²) in [7, 11) is 1.83. The van der Waals surface area contributed by atoms with Gasteiger partial charge in [-0.1, -0.05) is 20.8 Å². The molecule has 2 aliphatic rings. The first-order chi connectivity index (χ1) is 9.50. The van der Waals surface area contributed by atoms with Gasteiger partial charge in [-0.15, -0.1) is 0 Å². The molecule has 3 nitrogen and oxygen atoms in total. The van der Waals surface area contributed by atoms with Gasteiger partial charge in [-0.3, -0.25) is 4.90 Å². The van der Waals surface area contributed by atoms with Crippen LogP contribution in [-0.4, -0.2) is 50.3 Å². The second-order valence-corrected chi connectivity index (χ2v) is 7.82. The molecule has 0 amide bonds. The Morgan fingerprint density at radius 3 is 2.50 bits per heavy atom. The number of nitrogens with zero attached hydrogens (tertiary/aromatic N) is 1. The second-order valence-electron chi connectivity index (χ2n) is 7.82. The Morgan fingerprint density at radius 2 is 1.90 bits per heavy atom. The van der Waals surface area contributed by atoms with E-state index in [1.807, 2.05) is 7.11 Å². The Bertz CT molecular complexity index is 283. The number of rotatable bonds is 6. The Morgan fingerprint density at radius 1 is 1.15 bits per heavy atom. The van der Waals surface area contributed by atoms with Gasteiger partial charge in [0.25, 0.3) is 0 Å². The molecule has 1 saturated carbocycles. The van der Waals surface area contributed by atoms with Crippen molar-refractivity contribution in [3.63, 3.8) is 0 Å². The Hall–Kier alpha value is -0.120. The van der Waals surface area contributed by atoms with Crippen LogP contribution in [0, 0.1) is 11.3 Å². The van der Waals surface area contributed by atoms with Crippen LogP contribution < -0.4 is 5.32 Å². The largest absolute Gasteiger partial charge is 0.383 e. The summed E-state index contributed by atoms with van der Waals surface area (Å²) in [4.78, 5) is 2.67. The van der Waals surface area contributed by atoms with Crippen LogP contribution in [-0.2, 0) is 4.74 Å². The summed E-state index contributed by atoms with van der Waals surface area (Å²) in [5.74, 6) is 0.868. The highest BCUT2D eigenvalue weighted by Crippen LogP contribution is 2.34. The third-order valence-corrected chi connectivity index (χ3v) is 5.08. The average Bonchev–Trinajstić information content (AvgIpc) is 3.19. The smallest absolute Gasteiger partial charge is 0.0630 e. The molecule has 2 unspecified atom stereocenters. The predicted octanol–water partition coefficient (Wildman–Crippen LogP) is 2.90. The lowest BCUT2D eigenvalue weighted by molar-refractivity contribution is 0.0885. The number of nitrogens with one attached hydrogen (secondary N) is 1. The van der Waals surface area contributed by atoms with Gasteiger partial charge in [-0.25, -0.2) is 0 Å². The van der Waals surface area contributed by atoms with Crippen molar-refractivity contribution >= 4 is 0 Å². The SMILES string of the molecule is COCC(CNC1CC1)N1CCCC(C(C)(C)C)CC1. The standard InChI is InChI=1S/C17H34N2O/c1-17(2,3)14-6-5-10-19(11-9-14)16(13-20-4)12-18-15-7-8-15/h14-16,18H,5-13H2,1-4H3. The fourth-order valence-electron chi connectivity index (χ4n) is 3.43. The topological polar surface area (TPSA) is 24.5 Å². The number of ether oxygens (including phenoxy) is 1. The molecule has 1 N–H and O–H groups in total. The van der Waals surface area contributed by atoms with Crippen LogP contribution in [0.4, 0.5) is 0 Å². The maximum atomic E-state index is 5.46. The first kappa shape index (κ1) is 16.3. The summed E-state index contributed by atoms with van der Waals surface area (Å²) >= 11 is 0. The zero-order chi connectivity index (χ0) is 14.6. The van der Waals surface area contributed by atoms with Gasteiger partial charge in [0.1, 0.15) is 0 Å². The maximum Gasteiger partial charge on any atom is 0.0630 e. The molecule has 2 rings (SSSR count). The molecule has 2 atom stereocenters. The van der Waals surface area contributed by atoms with Crippen molar-refractivity contribution in [2.24, 2.45) is 11.3 Å². The van der Waals surface area contributed by atoms with Gasteiger partial charge in [0.2, 0.25) is 0 Å². The van der Waals surface area contributed by atoms with Crippen molar-refractivity contribution in [2.75, 3.05) is 33.4 Å². The third kappa shape index (κ3) is 5.01. The lowest BCUT2D eigenvalue weighted by Crippen LogP contribution is -2.46. The number of likely N-dealkylation sites (tertiary alicyclic amines) is 1. The fourth-order valence-corrected chi connectivity index (χ4v) is 3.43. The quantitative estimate of drug-likeness (QED) is 0.811. The molecule has 0 aromatic heterocycles. The number of methoxy groups -OCH3 is 1. The van der Waals surface area contributed by atoms with Crippen molar-refractivity contribution in [1.82, 2.24) is 10.2 Å². The zero-order valence-electron chi connectivity index (χ0n) is 14.0. The van der Waals surface area contributed by atoms with Crippen molar-refractivity contribution in [3.8, 4) is 0 Å². The Balaban J connectivity index is 1.84. The van der Waals surface area contributed by atoms with Crippen molar-refractivity contribution in [1.29, 1.82) is 0 Å². The molecule has 2 fully saturated rings. The van der Waals surface area contributed by atoms with Crippen LogP contribution in [0.3, 0.4) is 0 Å². The molecule has 1 heterocycles. The van der Waals surface area contributed by atoms with E-state index in [9.17, 15) is 0 Å². The van der Waals surface area contributed by atoms with Crippen molar-refractivity contribution < 1.29 is 4.74 Å². The van der Waals surface area contributed by atoms with Crippen LogP contribution in [0.5, 0.6) is 0 Å². The maximum absolute atomic E-state index is 5.46. The first-order valence-corrected chi connectivity index (χ1v) is 8.47. The van der Waals surface area contributed by atoms with E-state index in [4.69, 9.17) is 4.74 Å². The van der Waals surface area contributed by atoms with Gasteiger partial charge < -0.3 is 10.1 Å². The van der Waals surface area contributed by atoms with Crippen LogP contribution >= 0.6 is 0 Å². The summed E-state index contributed by atoms with van der Waals surface area (Å²) in [5.41, 5.74) is 0.457. The summed E-state index contributed by atoms with van der Waals surface area (Å²) in [5, 5.41) is 3.68. The van der Waals surface area contributed by atoms with Gasteiger partial charge >= 0.3 is 0 Å². The average molecular weight is 282 g/mol. The molecule has 3 heteroatoms. The second kappa shape index (κ2) is 7.24. The highest BCUT2D eigenvalue weighted by Gasteiger charge is 2.30. The van der Waals surface area contributed by atoms with Crippen LogP contribution in [0.15, 0.2) is 0 Å². The highest BCUT2D eigenvalue weighted by atomic mass is 16.5. The van der Waals surface area contributed by atoms with Crippen LogP contribution in [0.25, 0.3) is 0 Å². The Labute approximate surface area is 125 Å². The van der Waals surface area contributed by atoms with E-state index >= 15 is 0 Å². The molecular formula is C17H34N2O. The van der Waals surface area contributed by atoms with Crippen molar-refractivity contribution in [3.05, 3.63) is 0 Å². The van der Waals surface area contributed by atoms with Gasteiger partial charge in [-0.05, 0) is 56.5 Å². The van der Waals surface area contributed by atoms with E-state index in [-0.39, 0.29) is 0 Å². The summed E-state index contributed by atoms with van der Waals surface area (Å²) < 4.78 is 5.46. The van der Waals surface area contributed by atoms with E-state index in [2.05, 4.69) is 31.0 Å². The summed E-state index contributed by atoms with van der Waals surface area (Å²) in [6.07, 6.45) is 6.80. The van der Waals surface area contributed by atoms with E-state index in [1.54, 1.807) is 0 Å². The summed E-state index contributed by atoms with van der Waals surface area (Å²) in [6.45, 7) is 11.6. The van der Waals surface area contributed by atoms with E-state index < -0.39 is 0 Å². The molecule has 0 spiro atoms.